The van der Waals surface area contributed by atoms with E-state index >= 15 is 0 Å². The summed E-state index contributed by atoms with van der Waals surface area (Å²) in [6.45, 7) is 8.45. The molecule has 17 heavy (non-hydrogen) atoms. The monoisotopic (exact) mass is 266 g/mol. The third kappa shape index (κ3) is 3.37. The molecule has 0 spiro atoms. The van der Waals surface area contributed by atoms with Gasteiger partial charge in [-0.3, -0.25) is 0 Å². The molecule has 2 aromatic heterocycles. The van der Waals surface area contributed by atoms with Gasteiger partial charge in [-0.2, -0.15) is 0 Å². The summed E-state index contributed by atoms with van der Waals surface area (Å²) >= 11 is 3.65. The van der Waals surface area contributed by atoms with E-state index in [4.69, 9.17) is 0 Å². The fraction of sp³-hybridized carbons (Fsp3) is 0.462. The minimum Gasteiger partial charge on any atom is -0.311 e. The van der Waals surface area contributed by atoms with Gasteiger partial charge in [-0.1, -0.05) is 0 Å². The second kappa shape index (κ2) is 5.76. The lowest BCUT2D eigenvalue weighted by Crippen LogP contribution is -2.15. The first kappa shape index (κ1) is 12.7. The van der Waals surface area contributed by atoms with E-state index in [1.54, 1.807) is 11.3 Å². The van der Waals surface area contributed by atoms with Crippen molar-refractivity contribution in [3.8, 4) is 0 Å². The van der Waals surface area contributed by atoms with Gasteiger partial charge in [-0.15, -0.1) is 22.7 Å². The lowest BCUT2D eigenvalue weighted by Gasteiger charge is -2.02. The molecule has 0 amide bonds. The van der Waals surface area contributed by atoms with Gasteiger partial charge in [-0.25, -0.2) is 4.98 Å². The van der Waals surface area contributed by atoms with Gasteiger partial charge in [0.15, 0.2) is 0 Å². The van der Waals surface area contributed by atoms with Gasteiger partial charge in [0, 0.05) is 27.7 Å². The maximum Gasteiger partial charge on any atom is 0.0797 e. The molecule has 0 saturated heterocycles. The van der Waals surface area contributed by atoms with Gasteiger partial charge >= 0.3 is 0 Å². The Morgan fingerprint density at radius 2 is 2.12 bits per heavy atom. The van der Waals surface area contributed by atoms with Crippen LogP contribution >= 0.6 is 22.7 Å². The molecule has 2 rings (SSSR count). The molecular formula is C13H18N2S2. The Morgan fingerprint density at radius 3 is 2.71 bits per heavy atom. The van der Waals surface area contributed by atoms with Crippen LogP contribution in [0.2, 0.25) is 0 Å². The zero-order valence-corrected chi connectivity index (χ0v) is 12.2. The number of thiophene rings is 1. The van der Waals surface area contributed by atoms with Crippen LogP contribution < -0.4 is 5.32 Å². The zero-order valence-electron chi connectivity index (χ0n) is 10.5. The average Bonchev–Trinajstić information content (AvgIpc) is 2.82. The number of nitrogens with one attached hydrogen (secondary N) is 1. The molecule has 0 radical (unpaired) electrons. The van der Waals surface area contributed by atoms with Crippen molar-refractivity contribution < 1.29 is 0 Å². The second-order valence-corrected chi connectivity index (χ2v) is 6.52. The van der Waals surface area contributed by atoms with Gasteiger partial charge in [0.05, 0.1) is 11.2 Å². The molecule has 0 aliphatic carbocycles. The van der Waals surface area contributed by atoms with Crippen molar-refractivity contribution in [3.05, 3.63) is 37.5 Å². The van der Waals surface area contributed by atoms with Crippen LogP contribution in [0.15, 0.2) is 11.6 Å². The van der Waals surface area contributed by atoms with Crippen LogP contribution in [0, 0.1) is 20.8 Å². The Bertz CT molecular complexity index is 466. The number of thiazole rings is 1. The van der Waals surface area contributed by atoms with Gasteiger partial charge < -0.3 is 5.32 Å². The van der Waals surface area contributed by atoms with E-state index in [-0.39, 0.29) is 0 Å². The van der Waals surface area contributed by atoms with Crippen LogP contribution in [0.5, 0.6) is 0 Å². The lowest BCUT2D eigenvalue weighted by molar-refractivity contribution is 0.695. The third-order valence-electron chi connectivity index (χ3n) is 2.89. The minimum absolute atomic E-state index is 0.983. The highest BCUT2D eigenvalue weighted by Crippen LogP contribution is 2.20. The van der Waals surface area contributed by atoms with Crippen LogP contribution in [0.3, 0.4) is 0 Å². The van der Waals surface area contributed by atoms with Gasteiger partial charge in [0.2, 0.25) is 0 Å². The highest BCUT2D eigenvalue weighted by molar-refractivity contribution is 7.12. The smallest absolute Gasteiger partial charge is 0.0797 e. The highest BCUT2D eigenvalue weighted by atomic mass is 32.1. The van der Waals surface area contributed by atoms with E-state index < -0.39 is 0 Å². The number of nitrogens with zero attached hydrogens (tertiary/aromatic N) is 1. The first-order valence-corrected chi connectivity index (χ1v) is 7.52. The Labute approximate surface area is 111 Å². The summed E-state index contributed by atoms with van der Waals surface area (Å²) < 4.78 is 0. The van der Waals surface area contributed by atoms with Crippen molar-refractivity contribution in [1.29, 1.82) is 0 Å². The van der Waals surface area contributed by atoms with Crippen LogP contribution in [-0.2, 0) is 13.0 Å². The summed E-state index contributed by atoms with van der Waals surface area (Å²) in [4.78, 5) is 8.52. The van der Waals surface area contributed by atoms with Crippen molar-refractivity contribution >= 4 is 22.7 Å². The summed E-state index contributed by atoms with van der Waals surface area (Å²) in [5.74, 6) is 0. The summed E-state index contributed by atoms with van der Waals surface area (Å²) in [6, 6.07) is 2.28. The van der Waals surface area contributed by atoms with Crippen molar-refractivity contribution in [1.82, 2.24) is 10.3 Å². The van der Waals surface area contributed by atoms with Crippen LogP contribution in [-0.4, -0.2) is 11.5 Å². The molecule has 0 saturated carbocycles. The molecule has 0 aromatic carbocycles. The minimum atomic E-state index is 0.983. The van der Waals surface area contributed by atoms with Crippen LogP contribution in [0.4, 0.5) is 0 Å². The predicted molar refractivity (Wildman–Crippen MR) is 76.1 cm³/mol. The molecule has 92 valence electrons. The topological polar surface area (TPSA) is 24.9 Å². The molecule has 0 bridgehead atoms. The number of hydrogen-bond donors (Lipinski definition) is 1. The molecule has 0 atom stereocenters. The Balaban J connectivity index is 1.75. The summed E-state index contributed by atoms with van der Waals surface area (Å²) in [5, 5.41) is 3.50. The van der Waals surface area contributed by atoms with Gasteiger partial charge in [0.1, 0.15) is 0 Å². The Morgan fingerprint density at radius 1 is 1.29 bits per heavy atom. The molecule has 0 aliphatic rings. The van der Waals surface area contributed by atoms with Crippen molar-refractivity contribution in [2.24, 2.45) is 0 Å². The average molecular weight is 266 g/mol. The largest absolute Gasteiger partial charge is 0.311 e. The standard InChI is InChI=1S/C13H18N2S2/c1-9-6-12(17-11(9)3)7-14-5-4-13-10(2)15-8-16-13/h6,8,14H,4-5,7H2,1-3H3. The van der Waals surface area contributed by atoms with Crippen LogP contribution in [0.1, 0.15) is 25.9 Å². The molecular weight excluding hydrogens is 248 g/mol. The first-order valence-electron chi connectivity index (χ1n) is 5.82. The number of rotatable bonds is 5. The number of hydrogen-bond acceptors (Lipinski definition) is 4. The maximum absolute atomic E-state index is 4.26. The number of aryl methyl sites for hydroxylation is 3. The summed E-state index contributed by atoms with van der Waals surface area (Å²) in [5.41, 5.74) is 4.51. The van der Waals surface area contributed by atoms with E-state index in [2.05, 4.69) is 37.1 Å². The fourth-order valence-electron chi connectivity index (χ4n) is 1.72. The molecule has 2 aromatic rings. The SMILES string of the molecule is Cc1cc(CNCCc2scnc2C)sc1C. The van der Waals surface area contributed by atoms with E-state index in [9.17, 15) is 0 Å². The van der Waals surface area contributed by atoms with Crippen LogP contribution in [0.25, 0.3) is 0 Å². The summed E-state index contributed by atoms with van der Waals surface area (Å²) in [6.07, 6.45) is 1.08. The maximum atomic E-state index is 4.26. The second-order valence-electron chi connectivity index (χ2n) is 4.24. The van der Waals surface area contributed by atoms with E-state index in [0.717, 1.165) is 19.5 Å². The molecule has 0 aliphatic heterocycles. The normalized spacial score (nSPS) is 11.0. The lowest BCUT2D eigenvalue weighted by atomic mass is 10.3. The molecule has 1 N–H and O–H groups in total. The van der Waals surface area contributed by atoms with E-state index in [0.29, 0.717) is 0 Å². The van der Waals surface area contributed by atoms with E-state index in [1.165, 1.54) is 25.9 Å². The fourth-order valence-corrected chi connectivity index (χ4v) is 3.52. The molecule has 0 unspecified atom stereocenters. The quantitative estimate of drug-likeness (QED) is 0.838. The van der Waals surface area contributed by atoms with Gasteiger partial charge in [0.25, 0.3) is 0 Å². The summed E-state index contributed by atoms with van der Waals surface area (Å²) in [7, 11) is 0. The molecule has 4 heteroatoms. The first-order chi connectivity index (χ1) is 8.16. The van der Waals surface area contributed by atoms with Crippen molar-refractivity contribution in [2.45, 2.75) is 33.7 Å². The zero-order chi connectivity index (χ0) is 12.3. The molecule has 2 heterocycles. The Hall–Kier alpha value is -0.710. The third-order valence-corrected chi connectivity index (χ3v) is 5.04. The highest BCUT2D eigenvalue weighted by Gasteiger charge is 2.02. The van der Waals surface area contributed by atoms with Crippen molar-refractivity contribution in [3.63, 3.8) is 0 Å². The molecule has 0 fully saturated rings. The van der Waals surface area contributed by atoms with Crippen molar-refractivity contribution in [2.75, 3.05) is 6.54 Å². The predicted octanol–water partition coefficient (Wildman–Crippen LogP) is 3.46. The van der Waals surface area contributed by atoms with Gasteiger partial charge in [-0.05, 0) is 38.8 Å². The van der Waals surface area contributed by atoms with E-state index in [1.807, 2.05) is 16.8 Å². The molecule has 2 nitrogen and oxygen atoms in total. The number of aromatic nitrogens is 1. The Kier molecular flexibility index (Phi) is 4.31.